The molecule has 0 spiro atoms. The Balaban J connectivity index is 2.00. The fourth-order valence-electron chi connectivity index (χ4n) is 3.94. The van der Waals surface area contributed by atoms with Gasteiger partial charge in [0, 0.05) is 32.5 Å². The first-order valence-electron chi connectivity index (χ1n) is 10.7. The molecule has 2 N–H and O–H groups in total. The van der Waals surface area contributed by atoms with Gasteiger partial charge in [0.15, 0.2) is 0 Å². The van der Waals surface area contributed by atoms with Crippen LogP contribution in [0, 0.1) is 5.92 Å². The van der Waals surface area contributed by atoms with E-state index in [-0.39, 0.29) is 31.4 Å². The van der Waals surface area contributed by atoms with E-state index >= 15 is 0 Å². The van der Waals surface area contributed by atoms with Crippen LogP contribution in [0.15, 0.2) is 24.8 Å². The van der Waals surface area contributed by atoms with Gasteiger partial charge in [0.2, 0.25) is 5.91 Å². The van der Waals surface area contributed by atoms with E-state index in [2.05, 4.69) is 18.0 Å². The molecule has 1 aliphatic heterocycles. The molecule has 1 saturated heterocycles. The number of unbranched alkanes of at least 4 members (excludes halogenated alkanes) is 2. The third kappa shape index (κ3) is 5.41. The van der Waals surface area contributed by atoms with Crippen molar-refractivity contribution in [2.45, 2.75) is 63.6 Å². The molecule has 2 rings (SSSR count). The summed E-state index contributed by atoms with van der Waals surface area (Å²) >= 11 is 0. The predicted molar refractivity (Wildman–Crippen MR) is 114 cm³/mol. The second-order valence-corrected chi connectivity index (χ2v) is 8.05. The van der Waals surface area contributed by atoms with Gasteiger partial charge in [-0.15, -0.1) is 6.58 Å². The Hall–Kier alpha value is -2.35. The number of likely N-dealkylation sites (N-methyl/N-ethyl adjacent to an activating group) is 1. The van der Waals surface area contributed by atoms with Crippen molar-refractivity contribution in [3.8, 4) is 0 Å². The number of nitrogens with one attached hydrogen (secondary N) is 1. The number of amides is 3. The number of aliphatic hydroxyl groups excluding tert-OH is 1. The summed E-state index contributed by atoms with van der Waals surface area (Å²) in [6.45, 7) is 8.25. The Morgan fingerprint density at radius 3 is 2.70 bits per heavy atom. The minimum absolute atomic E-state index is 0.0506. The minimum Gasteiger partial charge on any atom is -0.464 e. The molecule has 0 radical (unpaired) electrons. The predicted octanol–water partition coefficient (Wildman–Crippen LogP) is 1.84. The molecule has 4 atom stereocenters. The maximum absolute atomic E-state index is 13.0. The first-order valence-corrected chi connectivity index (χ1v) is 10.7. The van der Waals surface area contributed by atoms with E-state index in [4.69, 9.17) is 4.74 Å². The van der Waals surface area contributed by atoms with Gasteiger partial charge < -0.3 is 25.0 Å². The van der Waals surface area contributed by atoms with Crippen LogP contribution < -0.4 is 5.32 Å². The van der Waals surface area contributed by atoms with Crippen LogP contribution in [0.3, 0.4) is 0 Å². The maximum Gasteiger partial charge on any atom is 0.332 e. The summed E-state index contributed by atoms with van der Waals surface area (Å²) in [5, 5.41) is 12.9. The van der Waals surface area contributed by atoms with Gasteiger partial charge in [0.1, 0.15) is 11.6 Å². The smallest absolute Gasteiger partial charge is 0.332 e. The molecule has 0 bridgehead atoms. The van der Waals surface area contributed by atoms with Crippen molar-refractivity contribution in [3.05, 3.63) is 24.8 Å². The Kier molecular flexibility index (Phi) is 8.46. The summed E-state index contributed by atoms with van der Waals surface area (Å²) in [6, 6.07) is -1.29. The first kappa shape index (κ1) is 23.9. The quantitative estimate of drug-likeness (QED) is 0.319. The highest BCUT2D eigenvalue weighted by molar-refractivity contribution is 5.93. The SMILES string of the molecule is C=C[C@H]1C[C@]1(NC(=O)N1C[C@H](O)C[C@H]1C(=O)N(C)CCCCC=CC)C(=O)OCC. The Labute approximate surface area is 178 Å². The summed E-state index contributed by atoms with van der Waals surface area (Å²) in [5.74, 6) is -0.903. The van der Waals surface area contributed by atoms with Gasteiger partial charge >= 0.3 is 12.0 Å². The van der Waals surface area contributed by atoms with Crippen LogP contribution in [0.4, 0.5) is 4.79 Å². The minimum atomic E-state index is -1.13. The van der Waals surface area contributed by atoms with E-state index in [1.165, 1.54) is 4.90 Å². The number of rotatable bonds is 10. The average molecular weight is 422 g/mol. The third-order valence-electron chi connectivity index (χ3n) is 5.82. The summed E-state index contributed by atoms with van der Waals surface area (Å²) in [6.07, 6.45) is 8.36. The zero-order chi connectivity index (χ0) is 22.3. The fourth-order valence-corrected chi connectivity index (χ4v) is 3.94. The number of hydrogen-bond donors (Lipinski definition) is 2. The van der Waals surface area contributed by atoms with Crippen LogP contribution in [-0.4, -0.2) is 77.2 Å². The number of allylic oxidation sites excluding steroid dienone is 2. The van der Waals surface area contributed by atoms with Crippen molar-refractivity contribution in [1.82, 2.24) is 15.1 Å². The summed E-state index contributed by atoms with van der Waals surface area (Å²) in [7, 11) is 1.72. The summed E-state index contributed by atoms with van der Waals surface area (Å²) in [5.41, 5.74) is -1.13. The second kappa shape index (κ2) is 10.6. The highest BCUT2D eigenvalue weighted by Crippen LogP contribution is 2.45. The molecule has 1 aliphatic carbocycles. The van der Waals surface area contributed by atoms with E-state index in [0.29, 0.717) is 13.0 Å². The molecule has 8 nitrogen and oxygen atoms in total. The molecule has 2 fully saturated rings. The topological polar surface area (TPSA) is 99.2 Å². The highest BCUT2D eigenvalue weighted by Gasteiger charge is 2.62. The molecule has 2 aliphatic rings. The van der Waals surface area contributed by atoms with Gasteiger partial charge in [0.25, 0.3) is 0 Å². The molecule has 168 valence electrons. The number of β-amino-alcohol motifs (C(OH)–C–C–N with tert-alkyl or cyclic N) is 1. The molecule has 0 aromatic rings. The number of carbonyl (C=O) groups is 3. The van der Waals surface area contributed by atoms with Gasteiger partial charge in [-0.1, -0.05) is 18.2 Å². The molecule has 1 heterocycles. The number of nitrogens with zero attached hydrogens (tertiary/aromatic N) is 2. The number of urea groups is 1. The number of carbonyl (C=O) groups excluding carboxylic acids is 3. The van der Waals surface area contributed by atoms with E-state index in [9.17, 15) is 19.5 Å². The zero-order valence-electron chi connectivity index (χ0n) is 18.3. The lowest BCUT2D eigenvalue weighted by Gasteiger charge is -2.29. The molecular formula is C22H35N3O5. The second-order valence-electron chi connectivity index (χ2n) is 8.05. The summed E-state index contributed by atoms with van der Waals surface area (Å²) in [4.78, 5) is 41.3. The lowest BCUT2D eigenvalue weighted by molar-refractivity contribution is -0.147. The number of ether oxygens (including phenoxy) is 1. The van der Waals surface area contributed by atoms with Crippen molar-refractivity contribution in [2.75, 3.05) is 26.7 Å². The molecule has 3 amide bonds. The van der Waals surface area contributed by atoms with Gasteiger partial charge in [0.05, 0.1) is 12.7 Å². The van der Waals surface area contributed by atoms with Crippen molar-refractivity contribution >= 4 is 17.9 Å². The molecular weight excluding hydrogens is 386 g/mol. The van der Waals surface area contributed by atoms with E-state index in [1.54, 1.807) is 24.9 Å². The lowest BCUT2D eigenvalue weighted by Crippen LogP contribution is -2.55. The monoisotopic (exact) mass is 421 g/mol. The maximum atomic E-state index is 13.0. The Morgan fingerprint density at radius 2 is 2.10 bits per heavy atom. The third-order valence-corrected chi connectivity index (χ3v) is 5.82. The van der Waals surface area contributed by atoms with Gasteiger partial charge in [-0.05, 0) is 39.5 Å². The van der Waals surface area contributed by atoms with E-state index in [0.717, 1.165) is 19.3 Å². The van der Waals surface area contributed by atoms with Crippen molar-refractivity contribution in [2.24, 2.45) is 5.92 Å². The number of likely N-dealkylation sites (tertiary alicyclic amines) is 1. The van der Waals surface area contributed by atoms with Crippen molar-refractivity contribution in [1.29, 1.82) is 0 Å². The average Bonchev–Trinajstić information content (AvgIpc) is 3.30. The van der Waals surface area contributed by atoms with Crippen LogP contribution in [0.1, 0.15) is 46.0 Å². The van der Waals surface area contributed by atoms with Gasteiger partial charge in [-0.25, -0.2) is 9.59 Å². The molecule has 8 heteroatoms. The zero-order valence-corrected chi connectivity index (χ0v) is 18.3. The highest BCUT2D eigenvalue weighted by atomic mass is 16.5. The number of esters is 1. The van der Waals surface area contributed by atoms with Crippen LogP contribution in [-0.2, 0) is 14.3 Å². The Morgan fingerprint density at radius 1 is 1.37 bits per heavy atom. The standard InChI is InChI=1S/C22H35N3O5/c1-5-8-9-10-11-12-24(4)19(27)18-13-17(26)15-25(18)21(29)23-22(14-16(22)6-2)20(28)30-7-3/h5-6,8,16-18,26H,2,7,9-15H2,1,3-4H3,(H,23,29)/t16-,17+,18-,22+/m0/s1. The molecule has 1 saturated carbocycles. The van der Waals surface area contributed by atoms with Gasteiger partial charge in [-0.3, -0.25) is 4.79 Å². The van der Waals surface area contributed by atoms with Crippen molar-refractivity contribution < 1.29 is 24.2 Å². The van der Waals surface area contributed by atoms with Crippen LogP contribution in [0.5, 0.6) is 0 Å². The van der Waals surface area contributed by atoms with E-state index < -0.39 is 29.7 Å². The largest absolute Gasteiger partial charge is 0.464 e. The molecule has 30 heavy (non-hydrogen) atoms. The van der Waals surface area contributed by atoms with Crippen LogP contribution in [0.25, 0.3) is 0 Å². The first-order chi connectivity index (χ1) is 14.3. The number of aliphatic hydroxyl groups is 1. The molecule has 0 aromatic carbocycles. The number of hydrogen-bond acceptors (Lipinski definition) is 5. The fraction of sp³-hybridized carbons (Fsp3) is 0.682. The normalized spacial score (nSPS) is 27.7. The van der Waals surface area contributed by atoms with Crippen molar-refractivity contribution in [3.63, 3.8) is 0 Å². The van der Waals surface area contributed by atoms with Crippen LogP contribution >= 0.6 is 0 Å². The molecule has 0 unspecified atom stereocenters. The Bertz CT molecular complexity index is 680. The summed E-state index contributed by atoms with van der Waals surface area (Å²) < 4.78 is 5.12. The van der Waals surface area contributed by atoms with Gasteiger partial charge in [-0.2, -0.15) is 0 Å². The molecule has 0 aromatic heterocycles. The van der Waals surface area contributed by atoms with Crippen LogP contribution in [0.2, 0.25) is 0 Å². The van der Waals surface area contributed by atoms with E-state index in [1.807, 2.05) is 13.0 Å². The lowest BCUT2D eigenvalue weighted by atomic mass is 10.1.